The minimum Gasteiger partial charge on any atom is -0.340 e. The quantitative estimate of drug-likeness (QED) is 0.723. The predicted molar refractivity (Wildman–Crippen MR) is 102 cm³/mol. The van der Waals surface area contributed by atoms with Gasteiger partial charge in [-0.2, -0.15) is 5.10 Å². The van der Waals surface area contributed by atoms with Crippen LogP contribution in [0.1, 0.15) is 12.1 Å². The molecule has 0 bridgehead atoms. The first-order valence-corrected chi connectivity index (χ1v) is 9.21. The zero-order valence-electron chi connectivity index (χ0n) is 15.2. The molecule has 1 saturated heterocycles. The third-order valence-corrected chi connectivity index (χ3v) is 5.24. The van der Waals surface area contributed by atoms with Gasteiger partial charge in [-0.1, -0.05) is 18.2 Å². The number of para-hydroxylation sites is 1. The summed E-state index contributed by atoms with van der Waals surface area (Å²) in [5.74, 6) is 0.203. The number of aryl methyl sites for hydroxylation is 1. The van der Waals surface area contributed by atoms with E-state index >= 15 is 0 Å². The molecule has 3 aromatic rings. The number of nitrogens with zero attached hydrogens (tertiary/aromatic N) is 5. The number of amides is 1. The highest BCUT2D eigenvalue weighted by molar-refractivity contribution is 5.83. The topological polar surface area (TPSA) is 46.3 Å². The zero-order chi connectivity index (χ0) is 17.9. The maximum absolute atomic E-state index is 12.8. The van der Waals surface area contributed by atoms with Gasteiger partial charge in [-0.25, -0.2) is 0 Å². The molecule has 3 heterocycles. The fourth-order valence-electron chi connectivity index (χ4n) is 3.69. The highest BCUT2D eigenvalue weighted by Crippen LogP contribution is 2.16. The summed E-state index contributed by atoms with van der Waals surface area (Å²) in [5, 5.41) is 5.42. The van der Waals surface area contributed by atoms with Gasteiger partial charge >= 0.3 is 0 Å². The molecule has 1 amide bonds. The van der Waals surface area contributed by atoms with Gasteiger partial charge < -0.3 is 9.47 Å². The molecular formula is C20H25N5O. The fourth-order valence-corrected chi connectivity index (χ4v) is 3.69. The fraction of sp³-hybridized carbons (Fsp3) is 0.400. The van der Waals surface area contributed by atoms with Crippen molar-refractivity contribution in [1.29, 1.82) is 0 Å². The summed E-state index contributed by atoms with van der Waals surface area (Å²) < 4.78 is 3.97. The van der Waals surface area contributed by atoms with Crippen molar-refractivity contribution in [1.82, 2.24) is 24.1 Å². The van der Waals surface area contributed by atoms with Gasteiger partial charge in [0.1, 0.15) is 6.54 Å². The van der Waals surface area contributed by atoms with Gasteiger partial charge in [-0.3, -0.25) is 14.4 Å². The van der Waals surface area contributed by atoms with Gasteiger partial charge in [0.2, 0.25) is 5.91 Å². The lowest BCUT2D eigenvalue weighted by Crippen LogP contribution is -2.37. The highest BCUT2D eigenvalue weighted by atomic mass is 16.2. The Kier molecular flexibility index (Phi) is 4.75. The molecule has 0 aliphatic carbocycles. The van der Waals surface area contributed by atoms with Gasteiger partial charge in [-0.15, -0.1) is 0 Å². The third kappa shape index (κ3) is 3.51. The molecule has 0 spiro atoms. The molecule has 1 aromatic carbocycles. The summed E-state index contributed by atoms with van der Waals surface area (Å²) in [5.41, 5.74) is 2.33. The highest BCUT2D eigenvalue weighted by Gasteiger charge is 2.20. The molecule has 6 heteroatoms. The predicted octanol–water partition coefficient (Wildman–Crippen LogP) is 2.11. The van der Waals surface area contributed by atoms with Crippen LogP contribution in [0.25, 0.3) is 10.9 Å². The van der Waals surface area contributed by atoms with Crippen LogP contribution in [0.15, 0.2) is 48.8 Å². The number of hydrogen-bond donors (Lipinski definition) is 0. The van der Waals surface area contributed by atoms with Crippen molar-refractivity contribution in [3.8, 4) is 0 Å². The third-order valence-electron chi connectivity index (χ3n) is 5.24. The molecule has 1 fully saturated rings. The average Bonchev–Trinajstić information content (AvgIpc) is 3.15. The molecule has 1 aliphatic heterocycles. The Balaban J connectivity index is 1.37. The zero-order valence-corrected chi connectivity index (χ0v) is 15.2. The van der Waals surface area contributed by atoms with Crippen LogP contribution >= 0.6 is 0 Å². The van der Waals surface area contributed by atoms with Crippen LogP contribution in [0, 0.1) is 0 Å². The van der Waals surface area contributed by atoms with Crippen molar-refractivity contribution in [3.05, 3.63) is 54.5 Å². The number of fused-ring (bicyclic) bond motifs is 1. The molecule has 26 heavy (non-hydrogen) atoms. The number of aromatic nitrogens is 3. The molecule has 2 aromatic heterocycles. The van der Waals surface area contributed by atoms with E-state index in [1.165, 1.54) is 11.1 Å². The molecule has 6 nitrogen and oxygen atoms in total. The molecule has 1 aliphatic rings. The number of carbonyl (C=O) groups excluding carboxylic acids is 1. The number of hydrogen-bond acceptors (Lipinski definition) is 3. The van der Waals surface area contributed by atoms with E-state index < -0.39 is 0 Å². The molecular weight excluding hydrogens is 326 g/mol. The van der Waals surface area contributed by atoms with E-state index in [0.29, 0.717) is 6.54 Å². The van der Waals surface area contributed by atoms with Crippen molar-refractivity contribution >= 4 is 16.8 Å². The van der Waals surface area contributed by atoms with Gasteiger partial charge in [-0.05, 0) is 30.0 Å². The van der Waals surface area contributed by atoms with Crippen molar-refractivity contribution in [2.75, 3.05) is 26.2 Å². The van der Waals surface area contributed by atoms with Crippen LogP contribution in [-0.2, 0) is 24.9 Å². The second-order valence-corrected chi connectivity index (χ2v) is 6.96. The molecule has 0 saturated carbocycles. The Bertz CT molecular complexity index is 896. The molecule has 4 rings (SSSR count). The van der Waals surface area contributed by atoms with Gasteiger partial charge in [0, 0.05) is 57.7 Å². The smallest absolute Gasteiger partial charge is 0.242 e. The van der Waals surface area contributed by atoms with Crippen molar-refractivity contribution < 1.29 is 4.79 Å². The number of rotatable bonds is 4. The average molecular weight is 351 g/mol. The van der Waals surface area contributed by atoms with Gasteiger partial charge in [0.15, 0.2) is 0 Å². The van der Waals surface area contributed by atoms with Crippen LogP contribution in [0.2, 0.25) is 0 Å². The minimum atomic E-state index is 0.203. The molecule has 0 atom stereocenters. The van der Waals surface area contributed by atoms with E-state index in [0.717, 1.165) is 44.7 Å². The minimum absolute atomic E-state index is 0.203. The summed E-state index contributed by atoms with van der Waals surface area (Å²) in [6.45, 7) is 4.84. The van der Waals surface area contributed by atoms with Crippen LogP contribution in [-0.4, -0.2) is 56.2 Å². The Morgan fingerprint density at radius 1 is 1.08 bits per heavy atom. The summed E-state index contributed by atoms with van der Waals surface area (Å²) in [6, 6.07) is 12.3. The van der Waals surface area contributed by atoms with Crippen molar-refractivity contribution in [3.63, 3.8) is 0 Å². The molecule has 0 radical (unpaired) electrons. The van der Waals surface area contributed by atoms with E-state index in [-0.39, 0.29) is 5.91 Å². The first kappa shape index (κ1) is 16.8. The van der Waals surface area contributed by atoms with E-state index in [1.54, 1.807) is 0 Å². The van der Waals surface area contributed by atoms with Crippen LogP contribution in [0.5, 0.6) is 0 Å². The Hall–Kier alpha value is -2.60. The van der Waals surface area contributed by atoms with Crippen LogP contribution in [0.3, 0.4) is 0 Å². The standard InChI is InChI=1S/C20H25N5O/c1-22-18(7-9-21-22)15-23-10-4-11-24(14-13-23)20(26)16-25-12-8-17-5-2-3-6-19(17)25/h2-3,5-9,12H,4,10-11,13-16H2,1H3. The summed E-state index contributed by atoms with van der Waals surface area (Å²) in [4.78, 5) is 17.2. The van der Waals surface area contributed by atoms with Crippen molar-refractivity contribution in [2.24, 2.45) is 7.05 Å². The second-order valence-electron chi connectivity index (χ2n) is 6.96. The number of benzene rings is 1. The Labute approximate surface area is 153 Å². The molecule has 0 unspecified atom stereocenters. The first-order valence-electron chi connectivity index (χ1n) is 9.21. The lowest BCUT2D eigenvalue weighted by atomic mass is 10.2. The summed E-state index contributed by atoms with van der Waals surface area (Å²) in [7, 11) is 1.98. The van der Waals surface area contributed by atoms with Gasteiger partial charge in [0.25, 0.3) is 0 Å². The van der Waals surface area contributed by atoms with E-state index in [4.69, 9.17) is 0 Å². The monoisotopic (exact) mass is 351 g/mol. The lowest BCUT2D eigenvalue weighted by molar-refractivity contribution is -0.131. The normalized spacial score (nSPS) is 16.1. The first-order chi connectivity index (χ1) is 12.7. The second kappa shape index (κ2) is 7.33. The maximum Gasteiger partial charge on any atom is 0.242 e. The van der Waals surface area contributed by atoms with Crippen LogP contribution in [0.4, 0.5) is 0 Å². The lowest BCUT2D eigenvalue weighted by Gasteiger charge is -2.22. The molecule has 0 N–H and O–H groups in total. The van der Waals surface area contributed by atoms with E-state index in [2.05, 4.69) is 38.8 Å². The summed E-state index contributed by atoms with van der Waals surface area (Å²) >= 11 is 0. The summed E-state index contributed by atoms with van der Waals surface area (Å²) in [6.07, 6.45) is 4.86. The van der Waals surface area contributed by atoms with E-state index in [1.807, 2.05) is 41.2 Å². The van der Waals surface area contributed by atoms with Crippen LogP contribution < -0.4 is 0 Å². The Morgan fingerprint density at radius 3 is 2.81 bits per heavy atom. The van der Waals surface area contributed by atoms with Gasteiger partial charge in [0.05, 0.1) is 5.69 Å². The SMILES string of the molecule is Cn1nccc1CN1CCCN(C(=O)Cn2ccc3ccccc32)CC1. The number of carbonyl (C=O) groups is 1. The van der Waals surface area contributed by atoms with E-state index in [9.17, 15) is 4.79 Å². The Morgan fingerprint density at radius 2 is 1.96 bits per heavy atom. The maximum atomic E-state index is 12.8. The van der Waals surface area contributed by atoms with Crippen molar-refractivity contribution in [2.45, 2.75) is 19.5 Å². The largest absolute Gasteiger partial charge is 0.340 e. The molecule has 136 valence electrons.